The summed E-state index contributed by atoms with van der Waals surface area (Å²) in [4.78, 5) is 14.9. The number of hydrogen-bond donors (Lipinski definition) is 1. The molecule has 1 N–H and O–H groups in total. The highest BCUT2D eigenvalue weighted by atomic mass is 19.1. The second kappa shape index (κ2) is 11.0. The van der Waals surface area contributed by atoms with Crippen LogP contribution in [-0.2, 0) is 17.8 Å². The third kappa shape index (κ3) is 7.21. The van der Waals surface area contributed by atoms with Crippen LogP contribution in [0.25, 0.3) is 0 Å². The van der Waals surface area contributed by atoms with Gasteiger partial charge in [0.15, 0.2) is 0 Å². The fraction of sp³-hybridized carbons (Fsp3) is 0.536. The Morgan fingerprint density at radius 3 is 2.48 bits per heavy atom. The minimum Gasteiger partial charge on any atom is -0.494 e. The van der Waals surface area contributed by atoms with Crippen molar-refractivity contribution in [1.82, 2.24) is 0 Å². The van der Waals surface area contributed by atoms with Gasteiger partial charge in [-0.15, -0.1) is 0 Å². The van der Waals surface area contributed by atoms with Gasteiger partial charge in [0.2, 0.25) is 5.91 Å². The fourth-order valence-corrected chi connectivity index (χ4v) is 4.42. The SMILES string of the molecule is Cc1cc(N2CCCc3cc(OCCCCF)ccc3C2)cc(C)c1NC(=O)CC(C)(C)C. The molecule has 0 saturated heterocycles. The van der Waals surface area contributed by atoms with Gasteiger partial charge in [0, 0.05) is 30.9 Å². The van der Waals surface area contributed by atoms with E-state index >= 15 is 0 Å². The molecule has 2 aromatic rings. The average Bonchev–Trinajstić information content (AvgIpc) is 2.94. The molecule has 0 aliphatic carbocycles. The van der Waals surface area contributed by atoms with Gasteiger partial charge in [-0.2, -0.15) is 0 Å². The summed E-state index contributed by atoms with van der Waals surface area (Å²) in [5.41, 5.74) is 6.92. The molecule has 0 spiro atoms. The first-order valence-electron chi connectivity index (χ1n) is 12.1. The second-order valence-electron chi connectivity index (χ2n) is 10.4. The number of fused-ring (bicyclic) bond motifs is 1. The molecule has 1 aliphatic rings. The molecular formula is C28H39FN2O2. The second-order valence-corrected chi connectivity index (χ2v) is 10.4. The van der Waals surface area contributed by atoms with Crippen molar-refractivity contribution in [1.29, 1.82) is 0 Å². The predicted octanol–water partition coefficient (Wildman–Crippen LogP) is 6.76. The lowest BCUT2D eigenvalue weighted by molar-refractivity contribution is -0.117. The Hall–Kier alpha value is -2.56. The quantitative estimate of drug-likeness (QED) is 0.448. The summed E-state index contributed by atoms with van der Waals surface area (Å²) in [7, 11) is 0. The third-order valence-electron chi connectivity index (χ3n) is 6.05. The monoisotopic (exact) mass is 454 g/mol. The van der Waals surface area contributed by atoms with Crippen LogP contribution in [0.15, 0.2) is 30.3 Å². The zero-order valence-electron chi connectivity index (χ0n) is 20.9. The lowest BCUT2D eigenvalue weighted by Crippen LogP contribution is -2.23. The smallest absolute Gasteiger partial charge is 0.224 e. The number of alkyl halides is 1. The summed E-state index contributed by atoms with van der Waals surface area (Å²) in [6.07, 6.45) is 3.88. The highest BCUT2D eigenvalue weighted by Crippen LogP contribution is 2.32. The van der Waals surface area contributed by atoms with Gasteiger partial charge in [-0.05, 0) is 91.5 Å². The molecule has 0 unspecified atom stereocenters. The average molecular weight is 455 g/mol. The van der Waals surface area contributed by atoms with Crippen molar-refractivity contribution in [3.63, 3.8) is 0 Å². The van der Waals surface area contributed by atoms with Crippen molar-refractivity contribution < 1.29 is 13.9 Å². The van der Waals surface area contributed by atoms with Crippen LogP contribution in [0.2, 0.25) is 0 Å². The molecule has 0 saturated carbocycles. The van der Waals surface area contributed by atoms with Gasteiger partial charge < -0.3 is 15.0 Å². The Kier molecular flexibility index (Phi) is 8.39. The molecule has 0 radical (unpaired) electrons. The number of ether oxygens (including phenoxy) is 1. The minimum absolute atomic E-state index is 0.0371. The Morgan fingerprint density at radius 2 is 1.82 bits per heavy atom. The molecule has 180 valence electrons. The lowest BCUT2D eigenvalue weighted by atomic mass is 9.92. The highest BCUT2D eigenvalue weighted by Gasteiger charge is 2.20. The van der Waals surface area contributed by atoms with E-state index in [4.69, 9.17) is 4.74 Å². The maximum Gasteiger partial charge on any atom is 0.224 e. The number of unbranched alkanes of at least 4 members (excludes halogenated alkanes) is 1. The van der Waals surface area contributed by atoms with Crippen LogP contribution in [0.5, 0.6) is 5.75 Å². The van der Waals surface area contributed by atoms with Crippen LogP contribution in [-0.4, -0.2) is 25.7 Å². The van der Waals surface area contributed by atoms with Crippen LogP contribution in [0.1, 0.15) is 68.7 Å². The molecule has 0 bridgehead atoms. The fourth-order valence-electron chi connectivity index (χ4n) is 4.42. The van der Waals surface area contributed by atoms with Crippen molar-refractivity contribution in [3.05, 3.63) is 52.6 Å². The van der Waals surface area contributed by atoms with Gasteiger partial charge in [0.05, 0.1) is 13.3 Å². The molecular weight excluding hydrogens is 415 g/mol. The molecule has 0 fully saturated rings. The Morgan fingerprint density at radius 1 is 1.09 bits per heavy atom. The largest absolute Gasteiger partial charge is 0.494 e. The van der Waals surface area contributed by atoms with E-state index in [0.29, 0.717) is 19.4 Å². The number of nitrogens with zero attached hydrogens (tertiary/aromatic N) is 1. The molecule has 2 aromatic carbocycles. The van der Waals surface area contributed by atoms with Crippen molar-refractivity contribution in [2.45, 2.75) is 73.3 Å². The van der Waals surface area contributed by atoms with E-state index in [1.165, 1.54) is 16.8 Å². The molecule has 1 amide bonds. The molecule has 0 atom stereocenters. The van der Waals surface area contributed by atoms with E-state index in [1.807, 2.05) is 6.07 Å². The molecule has 1 heterocycles. The van der Waals surface area contributed by atoms with Crippen LogP contribution in [0.4, 0.5) is 15.8 Å². The number of aryl methyl sites for hydroxylation is 3. The van der Waals surface area contributed by atoms with Crippen LogP contribution >= 0.6 is 0 Å². The number of carbonyl (C=O) groups is 1. The third-order valence-corrected chi connectivity index (χ3v) is 6.05. The number of anilines is 2. The van der Waals surface area contributed by atoms with Gasteiger partial charge in [-0.1, -0.05) is 26.8 Å². The number of carbonyl (C=O) groups excluding carboxylic acids is 1. The van der Waals surface area contributed by atoms with E-state index in [9.17, 15) is 9.18 Å². The number of rotatable bonds is 8. The van der Waals surface area contributed by atoms with Crippen LogP contribution < -0.4 is 15.0 Å². The van der Waals surface area contributed by atoms with Gasteiger partial charge in [0.25, 0.3) is 0 Å². The predicted molar refractivity (Wildman–Crippen MR) is 135 cm³/mol. The van der Waals surface area contributed by atoms with Crippen molar-refractivity contribution in [3.8, 4) is 5.75 Å². The van der Waals surface area contributed by atoms with E-state index in [2.05, 4.69) is 69.1 Å². The van der Waals surface area contributed by atoms with E-state index < -0.39 is 0 Å². The summed E-state index contributed by atoms with van der Waals surface area (Å²) in [5, 5.41) is 3.13. The first kappa shape index (κ1) is 25.1. The zero-order valence-corrected chi connectivity index (χ0v) is 20.9. The van der Waals surface area contributed by atoms with Gasteiger partial charge in [-0.25, -0.2) is 0 Å². The summed E-state index contributed by atoms with van der Waals surface area (Å²) in [6, 6.07) is 10.7. The number of nitrogens with one attached hydrogen (secondary N) is 1. The first-order valence-corrected chi connectivity index (χ1v) is 12.1. The van der Waals surface area contributed by atoms with E-state index in [-0.39, 0.29) is 18.0 Å². The van der Waals surface area contributed by atoms with Crippen LogP contribution in [0.3, 0.4) is 0 Å². The summed E-state index contributed by atoms with van der Waals surface area (Å²) in [6.45, 7) is 12.5. The molecule has 5 heteroatoms. The molecule has 3 rings (SSSR count). The molecule has 1 aliphatic heterocycles. The number of benzene rings is 2. The van der Waals surface area contributed by atoms with Gasteiger partial charge >= 0.3 is 0 Å². The normalized spacial score (nSPS) is 13.9. The molecule has 33 heavy (non-hydrogen) atoms. The lowest BCUT2D eigenvalue weighted by Gasteiger charge is -2.26. The van der Waals surface area contributed by atoms with Crippen molar-refractivity contribution in [2.24, 2.45) is 5.41 Å². The van der Waals surface area contributed by atoms with Crippen molar-refractivity contribution >= 4 is 17.3 Å². The number of amides is 1. The number of hydrogen-bond acceptors (Lipinski definition) is 3. The summed E-state index contributed by atoms with van der Waals surface area (Å²) < 4.78 is 18.1. The zero-order chi connectivity index (χ0) is 24.0. The Labute approximate surface area is 198 Å². The Bertz CT molecular complexity index is 942. The summed E-state index contributed by atoms with van der Waals surface area (Å²) >= 11 is 0. The molecule has 0 aromatic heterocycles. The minimum atomic E-state index is -0.285. The van der Waals surface area contributed by atoms with Gasteiger partial charge in [0.1, 0.15) is 5.75 Å². The maximum atomic E-state index is 12.5. The van der Waals surface area contributed by atoms with Crippen LogP contribution in [0, 0.1) is 19.3 Å². The topological polar surface area (TPSA) is 41.6 Å². The maximum absolute atomic E-state index is 12.5. The van der Waals surface area contributed by atoms with E-state index in [1.54, 1.807) is 0 Å². The van der Waals surface area contributed by atoms with Crippen molar-refractivity contribution in [2.75, 3.05) is 30.0 Å². The highest BCUT2D eigenvalue weighted by molar-refractivity contribution is 5.93. The standard InChI is InChI=1S/C28H39FN2O2/c1-20-15-24(16-21(2)27(20)30-26(32)18-28(3,4)5)31-13-8-9-22-17-25(11-10-23(22)19-31)33-14-7-6-12-29/h10-11,15-17H,6-9,12-14,18-19H2,1-5H3,(H,30,32). The first-order chi connectivity index (χ1) is 15.7. The van der Waals surface area contributed by atoms with E-state index in [0.717, 1.165) is 54.9 Å². The van der Waals surface area contributed by atoms with Gasteiger partial charge in [-0.3, -0.25) is 9.18 Å². The Balaban J connectivity index is 1.72. The summed E-state index contributed by atoms with van der Waals surface area (Å²) in [5.74, 6) is 0.941. The molecule has 4 nitrogen and oxygen atoms in total. The number of halogens is 1.